The minimum Gasteiger partial charge on any atom is -0.384 e. The second kappa shape index (κ2) is 5.99. The van der Waals surface area contributed by atoms with Crippen LogP contribution < -0.4 is 5.56 Å². The molecule has 3 rings (SSSR count). The summed E-state index contributed by atoms with van der Waals surface area (Å²) in [6, 6.07) is 11.5. The fourth-order valence-corrected chi connectivity index (χ4v) is 2.82. The number of aliphatic hydroxyl groups is 1. The minimum atomic E-state index is -0.132. The third-order valence-corrected chi connectivity index (χ3v) is 3.86. The van der Waals surface area contributed by atoms with Crippen molar-refractivity contribution in [2.24, 2.45) is 0 Å². The third-order valence-electron chi connectivity index (χ3n) is 3.86. The lowest BCUT2D eigenvalue weighted by atomic mass is 10.1. The molecule has 1 heterocycles. The van der Waals surface area contributed by atoms with Gasteiger partial charge in [0.1, 0.15) is 6.61 Å². The number of pyridine rings is 1. The summed E-state index contributed by atoms with van der Waals surface area (Å²) >= 11 is 0. The molecule has 3 heteroatoms. The first-order valence-corrected chi connectivity index (χ1v) is 7.18. The van der Waals surface area contributed by atoms with E-state index in [9.17, 15) is 4.79 Å². The monoisotopic (exact) mass is 279 g/mol. The predicted molar refractivity (Wildman–Crippen MR) is 82.2 cm³/mol. The van der Waals surface area contributed by atoms with Gasteiger partial charge in [-0.1, -0.05) is 30.0 Å². The molecule has 0 atom stereocenters. The van der Waals surface area contributed by atoms with Crippen LogP contribution in [0.1, 0.15) is 28.8 Å². The number of aryl methyl sites for hydroxylation is 1. The summed E-state index contributed by atoms with van der Waals surface area (Å²) in [5, 5.41) is 8.69. The molecule has 0 saturated carbocycles. The van der Waals surface area contributed by atoms with Gasteiger partial charge in [-0.2, -0.15) is 0 Å². The highest BCUT2D eigenvalue weighted by atomic mass is 16.2. The van der Waals surface area contributed by atoms with E-state index in [2.05, 4.69) is 11.8 Å². The van der Waals surface area contributed by atoms with E-state index in [1.54, 1.807) is 6.07 Å². The van der Waals surface area contributed by atoms with Gasteiger partial charge in [-0.3, -0.25) is 4.79 Å². The van der Waals surface area contributed by atoms with Crippen molar-refractivity contribution in [1.29, 1.82) is 0 Å². The fourth-order valence-electron chi connectivity index (χ4n) is 2.82. The van der Waals surface area contributed by atoms with Gasteiger partial charge < -0.3 is 9.67 Å². The molecule has 0 amide bonds. The summed E-state index contributed by atoms with van der Waals surface area (Å²) in [6.45, 7) is 0.475. The van der Waals surface area contributed by atoms with Crippen LogP contribution in [-0.2, 0) is 19.4 Å². The average Bonchev–Trinajstić information content (AvgIpc) is 2.98. The second-order valence-corrected chi connectivity index (χ2v) is 5.24. The van der Waals surface area contributed by atoms with Crippen molar-refractivity contribution < 1.29 is 5.11 Å². The van der Waals surface area contributed by atoms with Crippen LogP contribution in [0.4, 0.5) is 0 Å². The predicted octanol–water partition coefficient (Wildman–Crippen LogP) is 1.73. The fraction of sp³-hybridized carbons (Fsp3) is 0.278. The number of fused-ring (bicyclic) bond motifs is 1. The lowest BCUT2D eigenvalue weighted by molar-refractivity contribution is 0.350. The highest BCUT2D eigenvalue weighted by molar-refractivity contribution is 5.36. The number of benzene rings is 1. The van der Waals surface area contributed by atoms with Crippen molar-refractivity contribution >= 4 is 0 Å². The van der Waals surface area contributed by atoms with Crippen LogP contribution in [0.15, 0.2) is 41.2 Å². The Kier molecular flexibility index (Phi) is 3.89. The van der Waals surface area contributed by atoms with Crippen molar-refractivity contribution in [3.05, 3.63) is 69.1 Å². The first kappa shape index (κ1) is 13.7. The molecular weight excluding hydrogens is 262 g/mol. The van der Waals surface area contributed by atoms with Crippen LogP contribution >= 0.6 is 0 Å². The van der Waals surface area contributed by atoms with Gasteiger partial charge in [0.05, 0.1) is 6.54 Å². The molecule has 1 aromatic carbocycles. The summed E-state index contributed by atoms with van der Waals surface area (Å²) in [4.78, 5) is 12.1. The van der Waals surface area contributed by atoms with Crippen LogP contribution in [0.25, 0.3) is 0 Å². The Bertz CT molecular complexity index is 761. The normalized spacial score (nSPS) is 12.6. The third kappa shape index (κ3) is 2.91. The lowest BCUT2D eigenvalue weighted by Gasteiger charge is -2.12. The van der Waals surface area contributed by atoms with E-state index >= 15 is 0 Å². The molecular formula is C18H17NO2. The van der Waals surface area contributed by atoms with Gasteiger partial charge in [0, 0.05) is 17.3 Å². The van der Waals surface area contributed by atoms with E-state index in [0.29, 0.717) is 6.54 Å². The summed E-state index contributed by atoms with van der Waals surface area (Å²) in [5.74, 6) is 5.50. The van der Waals surface area contributed by atoms with E-state index in [4.69, 9.17) is 5.11 Å². The molecule has 21 heavy (non-hydrogen) atoms. The maximum Gasteiger partial charge on any atom is 0.251 e. The van der Waals surface area contributed by atoms with Crippen molar-refractivity contribution in [2.75, 3.05) is 6.61 Å². The Morgan fingerprint density at radius 3 is 2.67 bits per heavy atom. The Morgan fingerprint density at radius 1 is 1.10 bits per heavy atom. The second-order valence-electron chi connectivity index (χ2n) is 5.24. The van der Waals surface area contributed by atoms with Crippen molar-refractivity contribution in [3.8, 4) is 11.8 Å². The Hall–Kier alpha value is -2.31. The number of hydrogen-bond acceptors (Lipinski definition) is 2. The van der Waals surface area contributed by atoms with Crippen LogP contribution in [0, 0.1) is 11.8 Å². The summed E-state index contributed by atoms with van der Waals surface area (Å²) in [6.07, 6.45) is 3.20. The Balaban J connectivity index is 1.88. The van der Waals surface area contributed by atoms with Gasteiger partial charge >= 0.3 is 0 Å². The van der Waals surface area contributed by atoms with E-state index in [1.807, 2.05) is 34.9 Å². The maximum absolute atomic E-state index is 12.1. The van der Waals surface area contributed by atoms with Gasteiger partial charge in [-0.25, -0.2) is 0 Å². The Labute approximate surface area is 123 Å². The molecule has 1 aromatic heterocycles. The van der Waals surface area contributed by atoms with Crippen molar-refractivity contribution in [1.82, 2.24) is 4.57 Å². The van der Waals surface area contributed by atoms with Gasteiger partial charge in [0.2, 0.25) is 0 Å². The zero-order valence-electron chi connectivity index (χ0n) is 11.8. The number of aromatic nitrogens is 1. The molecule has 0 spiro atoms. The molecule has 0 saturated heterocycles. The molecule has 2 aromatic rings. The van der Waals surface area contributed by atoms with Crippen LogP contribution in [0.5, 0.6) is 0 Å². The van der Waals surface area contributed by atoms with Crippen LogP contribution in [0.2, 0.25) is 0 Å². The molecule has 106 valence electrons. The molecule has 1 aliphatic rings. The standard InChI is InChI=1S/C18H17NO2/c20-12-2-3-14-6-8-15(9-7-14)13-19-17-5-1-4-16(17)10-11-18(19)21/h6-11,20H,1,4-5,12-13H2. The van der Waals surface area contributed by atoms with E-state index < -0.39 is 0 Å². The van der Waals surface area contributed by atoms with Gasteiger partial charge in [-0.15, -0.1) is 0 Å². The molecule has 0 unspecified atom stereocenters. The smallest absolute Gasteiger partial charge is 0.251 e. The highest BCUT2D eigenvalue weighted by Crippen LogP contribution is 2.20. The van der Waals surface area contributed by atoms with E-state index in [1.165, 1.54) is 11.3 Å². The molecule has 0 fully saturated rings. The van der Waals surface area contributed by atoms with Crippen LogP contribution in [-0.4, -0.2) is 16.3 Å². The van der Waals surface area contributed by atoms with Gasteiger partial charge in [0.15, 0.2) is 0 Å². The van der Waals surface area contributed by atoms with Crippen molar-refractivity contribution in [3.63, 3.8) is 0 Å². The summed E-state index contributed by atoms with van der Waals surface area (Å²) in [5.41, 5.74) is 4.52. The Morgan fingerprint density at radius 2 is 1.90 bits per heavy atom. The summed E-state index contributed by atoms with van der Waals surface area (Å²) in [7, 11) is 0. The molecule has 0 aliphatic heterocycles. The molecule has 1 aliphatic carbocycles. The average molecular weight is 279 g/mol. The minimum absolute atomic E-state index is 0.0693. The molecule has 0 radical (unpaired) electrons. The SMILES string of the molecule is O=c1ccc2c(n1Cc1ccc(C#CCO)cc1)CCC2. The topological polar surface area (TPSA) is 42.2 Å². The number of hydrogen-bond donors (Lipinski definition) is 1. The first-order chi connectivity index (χ1) is 10.3. The maximum atomic E-state index is 12.1. The lowest BCUT2D eigenvalue weighted by Crippen LogP contribution is -2.23. The van der Waals surface area contributed by atoms with Gasteiger partial charge in [0.25, 0.3) is 5.56 Å². The van der Waals surface area contributed by atoms with E-state index in [0.717, 1.165) is 30.4 Å². The molecule has 1 N–H and O–H groups in total. The molecule has 3 nitrogen and oxygen atoms in total. The number of rotatable bonds is 2. The van der Waals surface area contributed by atoms with Crippen molar-refractivity contribution in [2.45, 2.75) is 25.8 Å². The molecule has 0 bridgehead atoms. The summed E-state index contributed by atoms with van der Waals surface area (Å²) < 4.78 is 1.89. The quantitative estimate of drug-likeness (QED) is 0.851. The zero-order valence-corrected chi connectivity index (χ0v) is 11.8. The number of aliphatic hydroxyl groups excluding tert-OH is 1. The first-order valence-electron chi connectivity index (χ1n) is 7.18. The zero-order chi connectivity index (χ0) is 14.7. The number of nitrogens with zero attached hydrogens (tertiary/aromatic N) is 1. The van der Waals surface area contributed by atoms with Crippen LogP contribution in [0.3, 0.4) is 0 Å². The van der Waals surface area contributed by atoms with E-state index in [-0.39, 0.29) is 12.2 Å². The van der Waals surface area contributed by atoms with Gasteiger partial charge in [-0.05, 0) is 42.5 Å². The highest BCUT2D eigenvalue weighted by Gasteiger charge is 2.15. The largest absolute Gasteiger partial charge is 0.384 e.